The Hall–Kier alpha value is -3.33. The first-order valence-corrected chi connectivity index (χ1v) is 8.89. The molecular weight excluding hydrogens is 336 g/mol. The third-order valence-corrected chi connectivity index (χ3v) is 4.48. The summed E-state index contributed by atoms with van der Waals surface area (Å²) in [7, 11) is 0. The maximum atomic E-state index is 13.0. The molecule has 0 radical (unpaired) electrons. The van der Waals surface area contributed by atoms with Gasteiger partial charge in [0, 0.05) is 11.1 Å². The van der Waals surface area contributed by atoms with Crippen LogP contribution >= 0.6 is 0 Å². The molecule has 0 saturated heterocycles. The van der Waals surface area contributed by atoms with E-state index < -0.39 is 5.92 Å². The molecule has 0 spiro atoms. The Kier molecular flexibility index (Phi) is 6.06. The lowest BCUT2D eigenvalue weighted by Gasteiger charge is -2.15. The molecule has 27 heavy (non-hydrogen) atoms. The van der Waals surface area contributed by atoms with E-state index in [0.29, 0.717) is 11.1 Å². The van der Waals surface area contributed by atoms with E-state index in [0.717, 1.165) is 5.56 Å². The zero-order chi connectivity index (χ0) is 19.1. The van der Waals surface area contributed by atoms with Crippen molar-refractivity contribution in [2.24, 2.45) is 5.92 Å². The van der Waals surface area contributed by atoms with Crippen LogP contribution in [0.25, 0.3) is 0 Å². The summed E-state index contributed by atoms with van der Waals surface area (Å²) in [6.07, 6.45) is 0.00948. The molecule has 0 aromatic heterocycles. The molecule has 3 aromatic carbocycles. The van der Waals surface area contributed by atoms with Crippen molar-refractivity contribution in [3.8, 4) is 0 Å². The number of carbonyl (C=O) groups is 3. The molecule has 0 aliphatic rings. The van der Waals surface area contributed by atoms with Crippen molar-refractivity contribution in [2.75, 3.05) is 0 Å². The minimum atomic E-state index is -0.873. The lowest BCUT2D eigenvalue weighted by molar-refractivity contribution is -0.120. The average molecular weight is 356 g/mol. The smallest absolute Gasteiger partial charge is 0.173 e. The Balaban J connectivity index is 1.83. The van der Waals surface area contributed by atoms with E-state index in [1.807, 2.05) is 42.5 Å². The second-order valence-electron chi connectivity index (χ2n) is 6.40. The van der Waals surface area contributed by atoms with E-state index >= 15 is 0 Å². The van der Waals surface area contributed by atoms with Crippen molar-refractivity contribution in [1.82, 2.24) is 0 Å². The monoisotopic (exact) mass is 356 g/mol. The maximum Gasteiger partial charge on any atom is 0.173 e. The summed E-state index contributed by atoms with van der Waals surface area (Å²) >= 11 is 0. The summed E-state index contributed by atoms with van der Waals surface area (Å²) in [5.41, 5.74) is 1.86. The van der Waals surface area contributed by atoms with Crippen LogP contribution in [0, 0.1) is 5.92 Å². The first-order chi connectivity index (χ1) is 13.1. The molecule has 0 saturated carbocycles. The molecular formula is C24H20O3. The highest BCUT2D eigenvalue weighted by atomic mass is 16.2. The Bertz CT molecular complexity index is 916. The molecule has 1 atom stereocenters. The molecule has 0 amide bonds. The van der Waals surface area contributed by atoms with Crippen LogP contribution in [0.15, 0.2) is 91.0 Å². The van der Waals surface area contributed by atoms with Crippen molar-refractivity contribution in [2.45, 2.75) is 12.8 Å². The largest absolute Gasteiger partial charge is 0.298 e. The van der Waals surface area contributed by atoms with E-state index in [1.165, 1.54) is 0 Å². The number of Topliss-reactive ketones (excluding diaryl/α,β-unsaturated/α-hetero) is 3. The normalized spacial score (nSPS) is 11.6. The van der Waals surface area contributed by atoms with Crippen LogP contribution in [0.3, 0.4) is 0 Å². The standard InChI is InChI=1S/C24H20O3/c25-22(19-12-6-2-7-13-19)17-23(26)21(16-18-10-4-1-5-11-18)24(27)20-14-8-3-9-15-20/h1-15,21H,16-17H2. The van der Waals surface area contributed by atoms with Crippen LogP contribution in [-0.2, 0) is 11.2 Å². The second-order valence-corrected chi connectivity index (χ2v) is 6.40. The summed E-state index contributed by atoms with van der Waals surface area (Å²) in [6.45, 7) is 0. The predicted octanol–water partition coefficient (Wildman–Crippen LogP) is 4.57. The number of hydrogen-bond donors (Lipinski definition) is 0. The molecule has 1 unspecified atom stereocenters. The lowest BCUT2D eigenvalue weighted by atomic mass is 9.85. The van der Waals surface area contributed by atoms with E-state index in [2.05, 4.69) is 0 Å². The fraction of sp³-hybridized carbons (Fsp3) is 0.125. The van der Waals surface area contributed by atoms with Gasteiger partial charge in [-0.2, -0.15) is 0 Å². The van der Waals surface area contributed by atoms with Gasteiger partial charge in [-0.3, -0.25) is 14.4 Å². The molecule has 3 aromatic rings. The van der Waals surface area contributed by atoms with E-state index in [1.54, 1.807) is 48.5 Å². The molecule has 0 aliphatic heterocycles. The number of hydrogen-bond acceptors (Lipinski definition) is 3. The van der Waals surface area contributed by atoms with Gasteiger partial charge < -0.3 is 0 Å². The zero-order valence-electron chi connectivity index (χ0n) is 14.9. The van der Waals surface area contributed by atoms with Crippen LogP contribution in [0.2, 0.25) is 0 Å². The van der Waals surface area contributed by atoms with Crippen LogP contribution in [0.1, 0.15) is 32.7 Å². The van der Waals surface area contributed by atoms with Gasteiger partial charge in [0.15, 0.2) is 17.3 Å². The Labute approximate surface area is 158 Å². The van der Waals surface area contributed by atoms with Crippen molar-refractivity contribution in [1.29, 1.82) is 0 Å². The van der Waals surface area contributed by atoms with Crippen LogP contribution in [0.5, 0.6) is 0 Å². The number of ketones is 3. The Morgan fingerprint density at radius 2 is 1.11 bits per heavy atom. The van der Waals surface area contributed by atoms with Gasteiger partial charge >= 0.3 is 0 Å². The van der Waals surface area contributed by atoms with Gasteiger partial charge in [-0.25, -0.2) is 0 Å². The molecule has 3 rings (SSSR count). The minimum Gasteiger partial charge on any atom is -0.298 e. The third-order valence-electron chi connectivity index (χ3n) is 4.48. The topological polar surface area (TPSA) is 51.2 Å². The van der Waals surface area contributed by atoms with Crippen molar-refractivity contribution >= 4 is 17.3 Å². The van der Waals surface area contributed by atoms with Gasteiger partial charge in [0.2, 0.25) is 0 Å². The summed E-state index contributed by atoms with van der Waals surface area (Å²) < 4.78 is 0. The summed E-state index contributed by atoms with van der Waals surface area (Å²) in [4.78, 5) is 38.3. The fourth-order valence-corrected chi connectivity index (χ4v) is 3.01. The first-order valence-electron chi connectivity index (χ1n) is 8.89. The Morgan fingerprint density at radius 3 is 1.67 bits per heavy atom. The summed E-state index contributed by atoms with van der Waals surface area (Å²) in [5, 5.41) is 0. The van der Waals surface area contributed by atoms with Crippen LogP contribution in [0.4, 0.5) is 0 Å². The zero-order valence-corrected chi connectivity index (χ0v) is 14.9. The highest BCUT2D eigenvalue weighted by Gasteiger charge is 2.29. The third kappa shape index (κ3) is 4.85. The number of rotatable bonds is 8. The van der Waals surface area contributed by atoms with Gasteiger partial charge in [-0.15, -0.1) is 0 Å². The van der Waals surface area contributed by atoms with Gasteiger partial charge in [0.05, 0.1) is 12.3 Å². The molecule has 0 bridgehead atoms. The van der Waals surface area contributed by atoms with Crippen molar-refractivity contribution in [3.05, 3.63) is 108 Å². The highest BCUT2D eigenvalue weighted by molar-refractivity contribution is 6.17. The highest BCUT2D eigenvalue weighted by Crippen LogP contribution is 2.19. The SMILES string of the molecule is O=C(CC(=O)C(Cc1ccccc1)C(=O)c1ccccc1)c1ccccc1. The molecule has 0 aliphatic carbocycles. The molecule has 134 valence electrons. The predicted molar refractivity (Wildman–Crippen MR) is 105 cm³/mol. The van der Waals surface area contributed by atoms with Gasteiger partial charge in [0.25, 0.3) is 0 Å². The van der Waals surface area contributed by atoms with E-state index in [-0.39, 0.29) is 30.2 Å². The summed E-state index contributed by atoms with van der Waals surface area (Å²) in [5.74, 6) is -1.73. The Morgan fingerprint density at radius 1 is 0.630 bits per heavy atom. The molecule has 0 fully saturated rings. The second kappa shape index (κ2) is 8.86. The minimum absolute atomic E-state index is 0.245. The quantitative estimate of drug-likeness (QED) is 0.439. The van der Waals surface area contributed by atoms with E-state index in [4.69, 9.17) is 0 Å². The average Bonchev–Trinajstić information content (AvgIpc) is 2.73. The van der Waals surface area contributed by atoms with Crippen LogP contribution in [-0.4, -0.2) is 17.3 Å². The van der Waals surface area contributed by atoms with Crippen molar-refractivity contribution < 1.29 is 14.4 Å². The molecule has 0 heterocycles. The van der Waals surface area contributed by atoms with E-state index in [9.17, 15) is 14.4 Å². The summed E-state index contributed by atoms with van der Waals surface area (Å²) in [6, 6.07) is 26.9. The van der Waals surface area contributed by atoms with Gasteiger partial charge in [0.1, 0.15) is 0 Å². The van der Waals surface area contributed by atoms with Crippen LogP contribution < -0.4 is 0 Å². The fourth-order valence-electron chi connectivity index (χ4n) is 3.01. The molecule has 3 heteroatoms. The molecule has 0 N–H and O–H groups in total. The number of benzene rings is 3. The van der Waals surface area contributed by atoms with Gasteiger partial charge in [-0.1, -0.05) is 91.0 Å². The first kappa shape index (κ1) is 18.5. The number of carbonyl (C=O) groups excluding carboxylic acids is 3. The van der Waals surface area contributed by atoms with Gasteiger partial charge in [-0.05, 0) is 12.0 Å². The van der Waals surface area contributed by atoms with Crippen molar-refractivity contribution in [3.63, 3.8) is 0 Å². The maximum absolute atomic E-state index is 13.0. The molecule has 3 nitrogen and oxygen atoms in total. The lowest BCUT2D eigenvalue weighted by Crippen LogP contribution is -2.28.